The van der Waals surface area contributed by atoms with Gasteiger partial charge < -0.3 is 56.8 Å². The molecule has 40 nitrogen and oxygen atoms in total. The van der Waals surface area contributed by atoms with Crippen LogP contribution in [-0.4, -0.2) is 221 Å². The lowest BCUT2D eigenvalue weighted by Gasteiger charge is -2.38. The van der Waals surface area contributed by atoms with Gasteiger partial charge in [-0.25, -0.2) is 0 Å². The van der Waals surface area contributed by atoms with E-state index in [9.17, 15) is 67.3 Å². The lowest BCUT2D eigenvalue weighted by Crippen LogP contribution is -2.40. The van der Waals surface area contributed by atoms with Crippen LogP contribution in [0.25, 0.3) is 0 Å². The van der Waals surface area contributed by atoms with E-state index in [1.807, 2.05) is 52.0 Å². The zero-order valence-electron chi connectivity index (χ0n) is 79.7. The predicted octanol–water partition coefficient (Wildman–Crippen LogP) is 11.3. The first-order valence-electron chi connectivity index (χ1n) is 44.6. The van der Waals surface area contributed by atoms with Crippen molar-refractivity contribution in [3.8, 4) is 46.0 Å². The number of benzene rings is 4. The van der Waals surface area contributed by atoms with E-state index in [0.29, 0.717) is 172 Å². The number of carbonyl (C=O) groups excluding carboxylic acids is 4. The second kappa shape index (κ2) is 46.9. The zero-order chi connectivity index (χ0) is 101. The summed E-state index contributed by atoms with van der Waals surface area (Å²) in [6.45, 7) is -1.99. The maximum Gasteiger partial charge on any atom is 0.316 e. The van der Waals surface area contributed by atoms with Gasteiger partial charge in [-0.3, -0.25) is 52.6 Å². The predicted molar refractivity (Wildman–Crippen MR) is 491 cm³/mol. The molecule has 0 N–H and O–H groups in total. The van der Waals surface area contributed by atoms with Crippen molar-refractivity contribution in [2.75, 3.05) is 130 Å². The van der Waals surface area contributed by atoms with Gasteiger partial charge in [-0.05, 0) is 77.6 Å². The maximum absolute atomic E-state index is 15.4. The number of rotatable bonds is 56. The number of esters is 4. The fraction of sp³-hybridized carbons (Fsp3) is 0.682. The van der Waals surface area contributed by atoms with E-state index < -0.39 is 257 Å². The van der Waals surface area contributed by atoms with Gasteiger partial charge in [0.2, 0.25) is 27.2 Å². The second-order valence-electron chi connectivity index (χ2n) is 36.3. The number of hydrogen-bond donors (Lipinski definition) is 0. The van der Waals surface area contributed by atoms with E-state index in [4.69, 9.17) is 90.3 Å². The van der Waals surface area contributed by atoms with Gasteiger partial charge in [-0.15, -0.1) is 0 Å². The van der Waals surface area contributed by atoms with E-state index >= 15 is 19.2 Å². The lowest BCUT2D eigenvalue weighted by molar-refractivity contribution is -0.161. The minimum absolute atomic E-state index is 0.0135. The van der Waals surface area contributed by atoms with Crippen LogP contribution in [0.1, 0.15) is 274 Å². The zero-order valence-corrected chi connectivity index (χ0v) is 86.2. The first-order valence-corrected chi connectivity index (χ1v) is 59.2. The normalized spacial score (nSPS) is 16.9. The Morgan fingerprint density at radius 2 is 0.390 bits per heavy atom. The molecule has 768 valence electrons. The fourth-order valence-corrected chi connectivity index (χ4v) is 20.1. The average molecular weight is 2080 g/mol. The molecule has 0 amide bonds. The van der Waals surface area contributed by atoms with Crippen molar-refractivity contribution in [2.45, 2.75) is 234 Å². The lowest BCUT2D eigenvalue weighted by atomic mass is 9.74. The van der Waals surface area contributed by atoms with E-state index in [-0.39, 0.29) is 93.9 Å². The Bertz CT molecular complexity index is 4950. The Hall–Kier alpha value is -7.56. The Labute approximate surface area is 799 Å². The molecular formula is C88H128O40S8. The Morgan fingerprint density at radius 1 is 0.250 bits per heavy atom. The number of unbranched alkanes of at least 4 members (excludes halogenated alkanes) is 12. The third-order valence-corrected chi connectivity index (χ3v) is 28.0. The summed E-state index contributed by atoms with van der Waals surface area (Å²) in [5.41, 5.74) is -6.23. The smallest absolute Gasteiger partial charge is 0.316 e. The summed E-state index contributed by atoms with van der Waals surface area (Å²) < 4.78 is 329. The number of carbonyl (C=O) groups is 4. The Kier molecular flexibility index (Phi) is 38.6. The summed E-state index contributed by atoms with van der Waals surface area (Å²) in [7, 11) is -35.1. The highest BCUT2D eigenvalue weighted by Gasteiger charge is 2.48. The van der Waals surface area contributed by atoms with Crippen LogP contribution < -0.4 is 37.9 Å². The molecule has 1 aliphatic carbocycles. The van der Waals surface area contributed by atoms with Gasteiger partial charge in [0, 0.05) is 68.2 Å². The van der Waals surface area contributed by atoms with Crippen LogP contribution in [-0.2, 0) is 179 Å². The van der Waals surface area contributed by atoms with Crippen LogP contribution in [0.5, 0.6) is 46.0 Å². The van der Waals surface area contributed by atoms with Crippen LogP contribution in [0.3, 0.4) is 0 Å². The molecule has 0 atom stereocenters. The molecule has 0 radical (unpaired) electrons. The molecule has 0 fully saturated rings. The number of ether oxygens (including phenoxy) is 12. The van der Waals surface area contributed by atoms with Crippen LogP contribution in [0, 0.1) is 21.7 Å². The van der Waals surface area contributed by atoms with Gasteiger partial charge in [0.25, 0.3) is 80.9 Å². The van der Waals surface area contributed by atoms with Crippen molar-refractivity contribution < 1.29 is 177 Å². The van der Waals surface area contributed by atoms with Crippen molar-refractivity contribution >= 4 is 105 Å². The van der Waals surface area contributed by atoms with Crippen LogP contribution in [0.15, 0.2) is 24.3 Å². The third-order valence-electron chi connectivity index (χ3n) is 23.6. The summed E-state index contributed by atoms with van der Waals surface area (Å²) in [5.74, 6) is -9.41. The highest BCUT2D eigenvalue weighted by molar-refractivity contribution is 7.87. The second-order valence-corrected chi connectivity index (χ2v) is 49.4. The van der Waals surface area contributed by atoms with Crippen LogP contribution in [0.4, 0.5) is 0 Å². The topological polar surface area (TPSA) is 526 Å². The molecule has 0 unspecified atom stereocenters. The average Bonchev–Trinajstić information content (AvgIpc) is 0.717. The summed E-state index contributed by atoms with van der Waals surface area (Å²) in [6, 6.07) is 7.55. The van der Waals surface area contributed by atoms with Crippen molar-refractivity contribution in [2.24, 2.45) is 21.7 Å². The summed E-state index contributed by atoms with van der Waals surface area (Å²) in [6.07, 6.45) is 16.1. The summed E-state index contributed by atoms with van der Waals surface area (Å²) in [4.78, 5) is 61.5. The third kappa shape index (κ3) is 31.2. The Morgan fingerprint density at radius 3 is 0.515 bits per heavy atom. The van der Waals surface area contributed by atoms with E-state index in [1.165, 1.54) is 27.7 Å². The molecule has 4 aromatic carbocycles. The van der Waals surface area contributed by atoms with Gasteiger partial charge >= 0.3 is 23.9 Å². The SMILES string of the molecule is CCCCCCC1c2cc3c4c(COC(=O)C(C)(COS(C)(=O)=O)COS(C)(=O)=O)c2OCOc2c1cc1c(c2COC(=O)C(C)(COS(C)(=O)=O)COS(C)(=O)=O)OCOc2c(cc5c(c2COC(=O)C(C)(COS(C)(=O)=O)COS(C)(=O)=O)OCOc2c(cc(c(c2COC(=O)C(C)(COS(C)(=O)=O)COS(C)(=O)=O)OCO4)C3CCCCCC)C5CCCCCC)C1CCCCCC. The number of hydrogen-bond acceptors (Lipinski definition) is 40. The standard InChI is InChI=1S/C88H128O40S8/c1-17-21-25-29-33-57-61-37-63-58(34-30-26-22-18-2)65-39-67-60(36-32-28-24-20-4)68-40-66-59(35-31-27-23-19-3)64-38-62(57)74-70(42-110-82(90)86(6,47-123-131(11,97)98)48-124-132(12,99)100)76(64)116-55-118-78(66)72(44-112-84(92)88(8,51-127-135(15,105)106)52-128-136(16,107)108)80(68)120-56-119-79(67)71(43-111-83(91)87(7,49-125-133(13,101)102)50-126-134(14,103)104)77(65)117-54-115-75(63)69(73(61)113-53-114-74)41-109-81(89)85(5,45-121-129(9,93)94)46-122-130(10,95)96/h37-40,57-60H,17-36,41-56H2,1-16H3. The summed E-state index contributed by atoms with van der Waals surface area (Å²) in [5, 5.41) is 0. The largest absolute Gasteiger partial charge is 0.460 e. The van der Waals surface area contributed by atoms with E-state index in [0.717, 1.165) is 25.7 Å². The first kappa shape index (κ1) is 112. The highest BCUT2D eigenvalue weighted by atomic mass is 32.2. The first-order chi connectivity index (χ1) is 63.4. The molecule has 0 spiro atoms. The van der Waals surface area contributed by atoms with Gasteiger partial charge in [-0.2, -0.15) is 67.3 Å². The van der Waals surface area contributed by atoms with Gasteiger partial charge in [0.15, 0.2) is 0 Å². The van der Waals surface area contributed by atoms with Crippen molar-refractivity contribution in [1.29, 1.82) is 0 Å². The molecule has 0 saturated heterocycles. The van der Waals surface area contributed by atoms with Crippen molar-refractivity contribution in [3.05, 3.63) is 91.0 Å². The van der Waals surface area contributed by atoms with E-state index in [2.05, 4.69) is 0 Å². The molecule has 0 saturated carbocycles. The molecule has 48 heteroatoms. The van der Waals surface area contributed by atoms with Gasteiger partial charge in [-0.1, -0.05) is 130 Å². The minimum Gasteiger partial charge on any atom is -0.460 e. The van der Waals surface area contributed by atoms with E-state index in [1.54, 1.807) is 0 Å². The maximum atomic E-state index is 15.4. The van der Waals surface area contributed by atoms with Crippen molar-refractivity contribution in [1.82, 2.24) is 0 Å². The van der Waals surface area contributed by atoms with Gasteiger partial charge in [0.1, 0.15) is 94.1 Å². The molecular weight excluding hydrogens is 1950 g/mol. The molecule has 8 bridgehead atoms. The quantitative estimate of drug-likeness (QED) is 0.0171. The van der Waals surface area contributed by atoms with Crippen molar-refractivity contribution in [3.63, 3.8) is 0 Å². The molecule has 4 aromatic rings. The van der Waals surface area contributed by atoms with Crippen LogP contribution in [0.2, 0.25) is 0 Å². The molecule has 4 heterocycles. The Balaban J connectivity index is 1.55. The summed E-state index contributed by atoms with van der Waals surface area (Å²) >= 11 is 0. The molecule has 136 heavy (non-hydrogen) atoms. The molecule has 0 aromatic heterocycles. The fourth-order valence-electron chi connectivity index (χ4n) is 16.3. The van der Waals surface area contributed by atoms with Crippen LogP contribution >= 0.6 is 0 Å². The van der Waals surface area contributed by atoms with Gasteiger partial charge in [0.05, 0.1) is 125 Å². The minimum atomic E-state index is -4.38. The monoisotopic (exact) mass is 2080 g/mol. The highest BCUT2D eigenvalue weighted by Crippen LogP contribution is 2.60. The molecule has 4 aliphatic heterocycles. The molecule has 5 aliphatic rings. The molecule has 9 rings (SSSR count).